The summed E-state index contributed by atoms with van der Waals surface area (Å²) in [6, 6.07) is 12.1. The van der Waals surface area contributed by atoms with Gasteiger partial charge in [0.2, 0.25) is 0 Å². The van der Waals surface area contributed by atoms with Crippen LogP contribution in [0.4, 0.5) is 5.69 Å². The Morgan fingerprint density at radius 1 is 1.05 bits per heavy atom. The van der Waals surface area contributed by atoms with Gasteiger partial charge in [-0.05, 0) is 50.1 Å². The highest BCUT2D eigenvalue weighted by molar-refractivity contribution is 7.92. The molecule has 0 amide bonds. The van der Waals surface area contributed by atoms with Crippen molar-refractivity contribution in [3.05, 3.63) is 59.2 Å². The minimum absolute atomic E-state index is 0.117. The Bertz CT molecular complexity index is 735. The molecule has 0 aliphatic heterocycles. The van der Waals surface area contributed by atoms with Crippen molar-refractivity contribution in [3.63, 3.8) is 0 Å². The molecule has 0 aliphatic carbocycles. The van der Waals surface area contributed by atoms with Crippen molar-refractivity contribution in [2.75, 3.05) is 4.72 Å². The highest BCUT2D eigenvalue weighted by Gasteiger charge is 2.15. The molecule has 0 bridgehead atoms. The molecule has 2 aromatic carbocycles. The first-order valence-electron chi connectivity index (χ1n) is 6.75. The Kier molecular flexibility index (Phi) is 4.34. The van der Waals surface area contributed by atoms with Crippen molar-refractivity contribution in [1.82, 2.24) is 0 Å². The van der Waals surface area contributed by atoms with Crippen LogP contribution >= 0.6 is 0 Å². The molecule has 0 aromatic heterocycles. The number of hydrogen-bond acceptors (Lipinski definition) is 3. The molecule has 0 fully saturated rings. The number of aryl methyl sites for hydroxylation is 2. The third kappa shape index (κ3) is 3.62. The molecule has 0 radical (unpaired) electrons. The molecule has 5 heteroatoms. The van der Waals surface area contributed by atoms with Gasteiger partial charge in [0.15, 0.2) is 0 Å². The third-order valence-corrected chi connectivity index (χ3v) is 4.72. The summed E-state index contributed by atoms with van der Waals surface area (Å²) in [5, 5.41) is 0. The second-order valence-corrected chi connectivity index (χ2v) is 6.96. The first kappa shape index (κ1) is 15.5. The summed E-state index contributed by atoms with van der Waals surface area (Å²) in [5.74, 6) is 0. The number of nitrogens with two attached hydrogens (primary N) is 1. The number of anilines is 1. The van der Waals surface area contributed by atoms with Crippen LogP contribution < -0.4 is 10.5 Å². The largest absolute Gasteiger partial charge is 0.324 e. The monoisotopic (exact) mass is 304 g/mol. The van der Waals surface area contributed by atoms with Gasteiger partial charge in [0, 0.05) is 6.04 Å². The number of nitrogens with one attached hydrogen (secondary N) is 1. The third-order valence-electron chi connectivity index (χ3n) is 3.34. The lowest BCUT2D eigenvalue weighted by Gasteiger charge is -2.12. The summed E-state index contributed by atoms with van der Waals surface area (Å²) in [4.78, 5) is 0.229. The molecule has 0 aliphatic rings. The van der Waals surface area contributed by atoms with E-state index in [0.29, 0.717) is 5.69 Å². The van der Waals surface area contributed by atoms with Crippen LogP contribution in [0.15, 0.2) is 47.4 Å². The summed E-state index contributed by atoms with van der Waals surface area (Å²) < 4.78 is 27.4. The van der Waals surface area contributed by atoms with Crippen LogP contribution in [0.1, 0.15) is 29.7 Å². The number of benzene rings is 2. The fourth-order valence-corrected chi connectivity index (χ4v) is 3.21. The Labute approximate surface area is 126 Å². The van der Waals surface area contributed by atoms with Crippen LogP contribution in [0.3, 0.4) is 0 Å². The van der Waals surface area contributed by atoms with Crippen LogP contribution in [0, 0.1) is 13.8 Å². The van der Waals surface area contributed by atoms with Gasteiger partial charge >= 0.3 is 0 Å². The first-order valence-corrected chi connectivity index (χ1v) is 8.23. The zero-order chi connectivity index (χ0) is 15.6. The van der Waals surface area contributed by atoms with Crippen molar-refractivity contribution in [2.45, 2.75) is 31.7 Å². The molecule has 2 rings (SSSR count). The van der Waals surface area contributed by atoms with Gasteiger partial charge in [0.1, 0.15) is 0 Å². The zero-order valence-corrected chi connectivity index (χ0v) is 13.2. The highest BCUT2D eigenvalue weighted by Crippen LogP contribution is 2.21. The summed E-state index contributed by atoms with van der Waals surface area (Å²) in [5.41, 5.74) is 9.25. The van der Waals surface area contributed by atoms with Crippen LogP contribution in [-0.2, 0) is 10.0 Å². The molecule has 1 unspecified atom stereocenters. The predicted molar refractivity (Wildman–Crippen MR) is 85.8 cm³/mol. The predicted octanol–water partition coefficient (Wildman–Crippen LogP) is 3.12. The van der Waals surface area contributed by atoms with E-state index in [1.165, 1.54) is 0 Å². The van der Waals surface area contributed by atoms with Crippen LogP contribution in [-0.4, -0.2) is 8.42 Å². The SMILES string of the molecule is Cc1ccc(NS(=O)(=O)c2ccc(C(C)N)cc2)c(C)c1. The lowest BCUT2D eigenvalue weighted by atomic mass is 10.1. The van der Waals surface area contributed by atoms with E-state index in [2.05, 4.69) is 4.72 Å². The first-order chi connectivity index (χ1) is 9.79. The van der Waals surface area contributed by atoms with Crippen LogP contribution in [0.25, 0.3) is 0 Å². The standard InChI is InChI=1S/C16H20N2O2S/c1-11-4-9-16(12(2)10-11)18-21(19,20)15-7-5-14(6-8-15)13(3)17/h4-10,13,18H,17H2,1-3H3. The summed E-state index contributed by atoms with van der Waals surface area (Å²) in [6.45, 7) is 5.71. The van der Waals surface area contributed by atoms with Gasteiger partial charge in [-0.2, -0.15) is 0 Å². The van der Waals surface area contributed by atoms with E-state index in [4.69, 9.17) is 5.73 Å². The van der Waals surface area contributed by atoms with E-state index in [0.717, 1.165) is 16.7 Å². The van der Waals surface area contributed by atoms with E-state index >= 15 is 0 Å². The minimum Gasteiger partial charge on any atom is -0.324 e. The van der Waals surface area contributed by atoms with E-state index < -0.39 is 10.0 Å². The highest BCUT2D eigenvalue weighted by atomic mass is 32.2. The second-order valence-electron chi connectivity index (χ2n) is 5.28. The van der Waals surface area contributed by atoms with Gasteiger partial charge in [-0.1, -0.05) is 29.8 Å². The topological polar surface area (TPSA) is 72.2 Å². The van der Waals surface area contributed by atoms with Crippen molar-refractivity contribution >= 4 is 15.7 Å². The number of rotatable bonds is 4. The number of sulfonamides is 1. The molecule has 2 aromatic rings. The van der Waals surface area contributed by atoms with Gasteiger partial charge in [-0.15, -0.1) is 0 Å². The van der Waals surface area contributed by atoms with Gasteiger partial charge in [-0.3, -0.25) is 4.72 Å². The average molecular weight is 304 g/mol. The lowest BCUT2D eigenvalue weighted by molar-refractivity contribution is 0.601. The molecule has 0 spiro atoms. The Hall–Kier alpha value is -1.85. The Morgan fingerprint density at radius 3 is 2.19 bits per heavy atom. The van der Waals surface area contributed by atoms with Crippen molar-refractivity contribution in [3.8, 4) is 0 Å². The van der Waals surface area contributed by atoms with Gasteiger partial charge < -0.3 is 5.73 Å². The molecule has 1 atom stereocenters. The Balaban J connectivity index is 2.29. The maximum Gasteiger partial charge on any atom is 0.261 e. The van der Waals surface area contributed by atoms with E-state index in [-0.39, 0.29) is 10.9 Å². The normalized spacial score (nSPS) is 13.0. The van der Waals surface area contributed by atoms with Gasteiger partial charge in [0.25, 0.3) is 10.0 Å². The molecular weight excluding hydrogens is 284 g/mol. The van der Waals surface area contributed by atoms with Gasteiger partial charge in [0.05, 0.1) is 10.6 Å². The summed E-state index contributed by atoms with van der Waals surface area (Å²) in [7, 11) is -3.58. The van der Waals surface area contributed by atoms with Crippen molar-refractivity contribution < 1.29 is 8.42 Å². The molecular formula is C16H20N2O2S. The average Bonchev–Trinajstić information content (AvgIpc) is 2.42. The lowest BCUT2D eigenvalue weighted by Crippen LogP contribution is -2.14. The minimum atomic E-state index is -3.58. The fourth-order valence-electron chi connectivity index (χ4n) is 2.08. The van der Waals surface area contributed by atoms with Crippen LogP contribution in [0.2, 0.25) is 0 Å². The molecule has 0 heterocycles. The number of hydrogen-bond donors (Lipinski definition) is 2. The van der Waals surface area contributed by atoms with Gasteiger partial charge in [-0.25, -0.2) is 8.42 Å². The molecule has 112 valence electrons. The molecule has 4 nitrogen and oxygen atoms in total. The van der Waals surface area contributed by atoms with Crippen molar-refractivity contribution in [2.24, 2.45) is 5.73 Å². The molecule has 0 saturated carbocycles. The molecule has 21 heavy (non-hydrogen) atoms. The zero-order valence-electron chi connectivity index (χ0n) is 12.4. The molecule has 0 saturated heterocycles. The Morgan fingerprint density at radius 2 is 1.67 bits per heavy atom. The van der Waals surface area contributed by atoms with E-state index in [1.807, 2.05) is 32.9 Å². The van der Waals surface area contributed by atoms with E-state index in [9.17, 15) is 8.42 Å². The van der Waals surface area contributed by atoms with Crippen molar-refractivity contribution in [1.29, 1.82) is 0 Å². The smallest absolute Gasteiger partial charge is 0.261 e. The van der Waals surface area contributed by atoms with Crippen LogP contribution in [0.5, 0.6) is 0 Å². The summed E-state index contributed by atoms with van der Waals surface area (Å²) in [6.07, 6.45) is 0. The fraction of sp³-hybridized carbons (Fsp3) is 0.250. The summed E-state index contributed by atoms with van der Waals surface area (Å²) >= 11 is 0. The maximum atomic E-state index is 12.4. The maximum absolute atomic E-state index is 12.4. The quantitative estimate of drug-likeness (QED) is 0.911. The van der Waals surface area contributed by atoms with E-state index in [1.54, 1.807) is 30.3 Å². The molecule has 3 N–H and O–H groups in total. The second kappa shape index (κ2) is 5.87.